The molecule has 0 fully saturated rings. The average Bonchev–Trinajstić information content (AvgIpc) is 2.65. The molecule has 1 N–H and O–H groups in total. The van der Waals surface area contributed by atoms with Crippen LogP contribution >= 0.6 is 0 Å². The van der Waals surface area contributed by atoms with Crippen molar-refractivity contribution < 1.29 is 9.53 Å². The lowest BCUT2D eigenvalue weighted by Crippen LogP contribution is -2.43. The van der Waals surface area contributed by atoms with Gasteiger partial charge < -0.3 is 4.74 Å². The zero-order chi connectivity index (χ0) is 17.9. The smallest absolute Gasteiger partial charge is 0.304 e. The Balaban J connectivity index is 2.18. The fraction of sp³-hybridized carbons (Fsp3) is 0.227. The first-order valence-electron chi connectivity index (χ1n) is 8.57. The lowest BCUT2D eigenvalue weighted by Gasteiger charge is -2.34. The summed E-state index contributed by atoms with van der Waals surface area (Å²) in [5, 5.41) is 5.61. The SMILES string of the molecule is CCC(NC)(OC(C)=O)c1ccccc1-c1ccc2ccccc2c1. The van der Waals surface area contributed by atoms with Gasteiger partial charge in [0.2, 0.25) is 0 Å². The van der Waals surface area contributed by atoms with Gasteiger partial charge in [0.25, 0.3) is 0 Å². The van der Waals surface area contributed by atoms with Crippen LogP contribution in [0.25, 0.3) is 21.9 Å². The average molecular weight is 333 g/mol. The van der Waals surface area contributed by atoms with Gasteiger partial charge in [0.15, 0.2) is 5.72 Å². The van der Waals surface area contributed by atoms with Gasteiger partial charge in [-0.15, -0.1) is 0 Å². The zero-order valence-electron chi connectivity index (χ0n) is 14.9. The second-order valence-electron chi connectivity index (χ2n) is 6.13. The summed E-state index contributed by atoms with van der Waals surface area (Å²) in [6.45, 7) is 3.46. The molecule has 0 aliphatic carbocycles. The van der Waals surface area contributed by atoms with Crippen LogP contribution in [0, 0.1) is 0 Å². The van der Waals surface area contributed by atoms with E-state index >= 15 is 0 Å². The largest absolute Gasteiger partial charge is 0.440 e. The van der Waals surface area contributed by atoms with Crippen molar-refractivity contribution in [2.45, 2.75) is 26.0 Å². The van der Waals surface area contributed by atoms with Crippen molar-refractivity contribution in [2.75, 3.05) is 7.05 Å². The van der Waals surface area contributed by atoms with Gasteiger partial charge in [-0.25, -0.2) is 0 Å². The van der Waals surface area contributed by atoms with E-state index in [0.717, 1.165) is 16.7 Å². The monoisotopic (exact) mass is 333 g/mol. The number of benzene rings is 3. The molecule has 0 saturated carbocycles. The van der Waals surface area contributed by atoms with E-state index in [4.69, 9.17) is 4.74 Å². The molecule has 1 unspecified atom stereocenters. The summed E-state index contributed by atoms with van der Waals surface area (Å²) in [5.41, 5.74) is 2.29. The predicted molar refractivity (Wildman–Crippen MR) is 102 cm³/mol. The lowest BCUT2D eigenvalue weighted by molar-refractivity contribution is -0.162. The van der Waals surface area contributed by atoms with E-state index in [1.165, 1.54) is 17.7 Å². The Morgan fingerprint density at radius 3 is 2.36 bits per heavy atom. The molecule has 0 amide bonds. The van der Waals surface area contributed by atoms with Crippen molar-refractivity contribution in [2.24, 2.45) is 0 Å². The van der Waals surface area contributed by atoms with Crippen LogP contribution in [0.4, 0.5) is 0 Å². The summed E-state index contributed by atoms with van der Waals surface area (Å²) in [5.74, 6) is -0.301. The second-order valence-corrected chi connectivity index (χ2v) is 6.13. The molecule has 3 aromatic carbocycles. The number of hydrogen-bond donors (Lipinski definition) is 1. The first-order valence-corrected chi connectivity index (χ1v) is 8.57. The van der Waals surface area contributed by atoms with Gasteiger partial charge in [0.05, 0.1) is 0 Å². The van der Waals surface area contributed by atoms with Crippen LogP contribution in [-0.4, -0.2) is 13.0 Å². The zero-order valence-corrected chi connectivity index (χ0v) is 14.9. The topological polar surface area (TPSA) is 38.3 Å². The van der Waals surface area contributed by atoms with E-state index in [1.807, 2.05) is 44.3 Å². The highest BCUT2D eigenvalue weighted by Gasteiger charge is 2.34. The third kappa shape index (κ3) is 3.28. The summed E-state index contributed by atoms with van der Waals surface area (Å²) < 4.78 is 5.72. The summed E-state index contributed by atoms with van der Waals surface area (Å²) in [6, 6.07) is 22.8. The number of nitrogens with one attached hydrogen (secondary N) is 1. The maximum absolute atomic E-state index is 11.7. The molecule has 0 heterocycles. The quantitative estimate of drug-likeness (QED) is 0.536. The normalized spacial score (nSPS) is 13.4. The van der Waals surface area contributed by atoms with Gasteiger partial charge in [0, 0.05) is 18.9 Å². The summed E-state index contributed by atoms with van der Waals surface area (Å²) in [6.07, 6.45) is 0.633. The third-order valence-corrected chi connectivity index (χ3v) is 4.64. The Morgan fingerprint density at radius 1 is 1.00 bits per heavy atom. The molecule has 0 radical (unpaired) electrons. The standard InChI is InChI=1S/C22H23NO2/c1-4-22(23-3,25-16(2)24)21-12-8-7-11-20(21)19-14-13-17-9-5-6-10-18(17)15-19/h5-15,23H,4H2,1-3H3. The van der Waals surface area contributed by atoms with E-state index in [1.54, 1.807) is 0 Å². The lowest BCUT2D eigenvalue weighted by atomic mass is 9.90. The summed E-state index contributed by atoms with van der Waals surface area (Å²) >= 11 is 0. The molecule has 0 spiro atoms. The maximum Gasteiger partial charge on any atom is 0.304 e. The first kappa shape index (κ1) is 17.2. The first-order chi connectivity index (χ1) is 12.1. The number of carbonyl (C=O) groups excluding carboxylic acids is 1. The molecule has 0 saturated heterocycles. The fourth-order valence-corrected chi connectivity index (χ4v) is 3.37. The molecular formula is C22H23NO2. The number of carbonyl (C=O) groups is 1. The van der Waals surface area contributed by atoms with Crippen LogP contribution in [-0.2, 0) is 15.3 Å². The second kappa shape index (κ2) is 7.08. The molecule has 128 valence electrons. The van der Waals surface area contributed by atoms with Crippen LogP contribution < -0.4 is 5.32 Å². The minimum absolute atomic E-state index is 0.301. The van der Waals surface area contributed by atoms with Crippen LogP contribution in [0.5, 0.6) is 0 Å². The maximum atomic E-state index is 11.7. The molecule has 3 rings (SSSR count). The molecule has 3 aromatic rings. The predicted octanol–water partition coefficient (Wildman–Crippen LogP) is 4.85. The number of rotatable bonds is 5. The van der Waals surface area contributed by atoms with Crippen molar-refractivity contribution >= 4 is 16.7 Å². The molecular weight excluding hydrogens is 310 g/mol. The van der Waals surface area contributed by atoms with E-state index in [9.17, 15) is 4.79 Å². The number of fused-ring (bicyclic) bond motifs is 1. The van der Waals surface area contributed by atoms with Gasteiger partial charge >= 0.3 is 5.97 Å². The highest BCUT2D eigenvalue weighted by Crippen LogP contribution is 2.36. The van der Waals surface area contributed by atoms with Crippen LogP contribution in [0.3, 0.4) is 0 Å². The Bertz CT molecular complexity index is 897. The third-order valence-electron chi connectivity index (χ3n) is 4.64. The summed E-state index contributed by atoms with van der Waals surface area (Å²) in [7, 11) is 1.82. The van der Waals surface area contributed by atoms with Crippen molar-refractivity contribution in [3.05, 3.63) is 72.3 Å². The van der Waals surface area contributed by atoms with Crippen LogP contribution in [0.2, 0.25) is 0 Å². The van der Waals surface area contributed by atoms with Crippen molar-refractivity contribution in [3.8, 4) is 11.1 Å². The Morgan fingerprint density at radius 2 is 1.68 bits per heavy atom. The highest BCUT2D eigenvalue weighted by atomic mass is 16.6. The number of hydrogen-bond acceptors (Lipinski definition) is 3. The molecule has 25 heavy (non-hydrogen) atoms. The van der Waals surface area contributed by atoms with Crippen molar-refractivity contribution in [1.29, 1.82) is 0 Å². The van der Waals surface area contributed by atoms with E-state index in [2.05, 4.69) is 41.7 Å². The van der Waals surface area contributed by atoms with Gasteiger partial charge in [-0.05, 0) is 35.0 Å². The van der Waals surface area contributed by atoms with E-state index < -0.39 is 5.72 Å². The Hall–Kier alpha value is -2.65. The molecule has 0 aliphatic rings. The Kier molecular flexibility index (Phi) is 4.86. The minimum atomic E-state index is -0.839. The van der Waals surface area contributed by atoms with Crippen LogP contribution in [0.15, 0.2) is 66.7 Å². The van der Waals surface area contributed by atoms with Gasteiger partial charge in [0.1, 0.15) is 0 Å². The molecule has 3 heteroatoms. The molecule has 1 atom stereocenters. The van der Waals surface area contributed by atoms with Crippen molar-refractivity contribution in [3.63, 3.8) is 0 Å². The number of esters is 1. The minimum Gasteiger partial charge on any atom is -0.440 e. The molecule has 0 bridgehead atoms. The molecule has 0 aliphatic heterocycles. The summed E-state index contributed by atoms with van der Waals surface area (Å²) in [4.78, 5) is 11.7. The van der Waals surface area contributed by atoms with E-state index in [0.29, 0.717) is 6.42 Å². The molecule has 3 nitrogen and oxygen atoms in total. The van der Waals surface area contributed by atoms with Gasteiger partial charge in [-0.2, -0.15) is 0 Å². The van der Waals surface area contributed by atoms with Crippen molar-refractivity contribution in [1.82, 2.24) is 5.32 Å². The Labute approximate surface area is 148 Å². The fourth-order valence-electron chi connectivity index (χ4n) is 3.37. The number of ether oxygens (including phenoxy) is 1. The van der Waals surface area contributed by atoms with Crippen LogP contribution in [0.1, 0.15) is 25.8 Å². The van der Waals surface area contributed by atoms with Gasteiger partial charge in [-0.1, -0.05) is 67.6 Å². The highest BCUT2D eigenvalue weighted by molar-refractivity contribution is 5.88. The molecule has 0 aromatic heterocycles. The van der Waals surface area contributed by atoms with Gasteiger partial charge in [-0.3, -0.25) is 10.1 Å². The van der Waals surface area contributed by atoms with E-state index in [-0.39, 0.29) is 5.97 Å².